The highest BCUT2D eigenvalue weighted by Crippen LogP contribution is 2.47. The highest BCUT2D eigenvalue weighted by Gasteiger charge is 2.42. The second kappa shape index (κ2) is 4.47. The Morgan fingerprint density at radius 3 is 2.68 bits per heavy atom. The van der Waals surface area contributed by atoms with Crippen LogP contribution < -0.4 is 0 Å². The van der Waals surface area contributed by atoms with E-state index in [1.54, 1.807) is 11.3 Å². The fourth-order valence-corrected chi connectivity index (χ4v) is 3.92. The van der Waals surface area contributed by atoms with Gasteiger partial charge in [0, 0.05) is 10.4 Å². The molecule has 1 aliphatic carbocycles. The van der Waals surface area contributed by atoms with Crippen molar-refractivity contribution in [1.82, 2.24) is 4.98 Å². The van der Waals surface area contributed by atoms with E-state index < -0.39 is 0 Å². The van der Waals surface area contributed by atoms with Gasteiger partial charge in [0.25, 0.3) is 0 Å². The first kappa shape index (κ1) is 12.4. The highest BCUT2D eigenvalue weighted by atomic mass is 32.1. The van der Waals surface area contributed by atoms with Gasteiger partial charge in [-0.05, 0) is 39.2 Å². The largest absolute Gasteiger partial charge is 0.241 e. The van der Waals surface area contributed by atoms with Gasteiger partial charge in [0.2, 0.25) is 0 Å². The maximum Gasteiger partial charge on any atom is 0.123 e. The third kappa shape index (κ3) is 1.97. The summed E-state index contributed by atoms with van der Waals surface area (Å²) in [6.45, 7) is 4.12. The van der Waals surface area contributed by atoms with Crippen LogP contribution in [-0.4, -0.2) is 4.98 Å². The van der Waals surface area contributed by atoms with Gasteiger partial charge < -0.3 is 0 Å². The van der Waals surface area contributed by atoms with Crippen LogP contribution >= 0.6 is 11.3 Å². The Morgan fingerprint density at radius 1 is 1.32 bits per heavy atom. The fraction of sp³-hybridized carbons (Fsp3) is 0.375. The van der Waals surface area contributed by atoms with E-state index in [2.05, 4.69) is 42.2 Å². The molecule has 0 radical (unpaired) electrons. The van der Waals surface area contributed by atoms with E-state index in [0.29, 0.717) is 0 Å². The van der Waals surface area contributed by atoms with Crippen LogP contribution in [0, 0.1) is 25.2 Å². The molecule has 2 aromatic rings. The van der Waals surface area contributed by atoms with Gasteiger partial charge in [-0.2, -0.15) is 5.26 Å². The molecule has 0 N–H and O–H groups in total. The van der Waals surface area contributed by atoms with E-state index in [1.807, 2.05) is 6.92 Å². The topological polar surface area (TPSA) is 36.7 Å². The quantitative estimate of drug-likeness (QED) is 0.810. The molecule has 0 saturated heterocycles. The average Bonchev–Trinajstić information content (AvgIpc) is 2.72. The van der Waals surface area contributed by atoms with Crippen molar-refractivity contribution in [2.75, 3.05) is 0 Å². The van der Waals surface area contributed by atoms with E-state index in [-0.39, 0.29) is 5.41 Å². The SMILES string of the molecule is Cc1cccc(-c2nc(C)c(C3(C#N)CCC3)s2)c1. The van der Waals surface area contributed by atoms with E-state index >= 15 is 0 Å². The standard InChI is InChI=1S/C16H16N2S/c1-11-5-3-6-13(9-11)15-18-12(2)14(19-15)16(10-17)7-4-8-16/h3,5-6,9H,4,7-8H2,1-2H3. The molecule has 1 aromatic heterocycles. The monoisotopic (exact) mass is 268 g/mol. The maximum atomic E-state index is 9.47. The van der Waals surface area contributed by atoms with E-state index in [4.69, 9.17) is 0 Å². The van der Waals surface area contributed by atoms with Gasteiger partial charge in [-0.15, -0.1) is 11.3 Å². The Bertz CT molecular complexity index is 660. The van der Waals surface area contributed by atoms with Crippen molar-refractivity contribution in [3.05, 3.63) is 40.4 Å². The zero-order valence-corrected chi connectivity index (χ0v) is 12.0. The van der Waals surface area contributed by atoms with Crippen molar-refractivity contribution >= 4 is 11.3 Å². The summed E-state index contributed by atoms with van der Waals surface area (Å²) in [7, 11) is 0. The molecular weight excluding hydrogens is 252 g/mol. The molecule has 3 rings (SSSR count). The van der Waals surface area contributed by atoms with Gasteiger partial charge >= 0.3 is 0 Å². The molecule has 1 heterocycles. The van der Waals surface area contributed by atoms with Crippen LogP contribution in [0.3, 0.4) is 0 Å². The van der Waals surface area contributed by atoms with Crippen LogP contribution in [0.2, 0.25) is 0 Å². The van der Waals surface area contributed by atoms with Crippen molar-refractivity contribution in [3.63, 3.8) is 0 Å². The lowest BCUT2D eigenvalue weighted by Gasteiger charge is -2.34. The molecule has 0 unspecified atom stereocenters. The van der Waals surface area contributed by atoms with Gasteiger partial charge in [-0.1, -0.05) is 23.8 Å². The molecule has 1 aliphatic rings. The molecule has 3 heteroatoms. The van der Waals surface area contributed by atoms with Gasteiger partial charge in [-0.25, -0.2) is 4.98 Å². The Kier molecular flexibility index (Phi) is 2.91. The summed E-state index contributed by atoms with van der Waals surface area (Å²) >= 11 is 1.70. The maximum absolute atomic E-state index is 9.47. The van der Waals surface area contributed by atoms with Crippen molar-refractivity contribution < 1.29 is 0 Å². The van der Waals surface area contributed by atoms with E-state index in [1.165, 1.54) is 10.4 Å². The van der Waals surface area contributed by atoms with E-state index in [0.717, 1.165) is 35.5 Å². The smallest absolute Gasteiger partial charge is 0.123 e. The lowest BCUT2D eigenvalue weighted by atomic mass is 9.68. The molecule has 2 nitrogen and oxygen atoms in total. The van der Waals surface area contributed by atoms with Gasteiger partial charge in [0.15, 0.2) is 0 Å². The molecule has 1 saturated carbocycles. The second-order valence-corrected chi connectivity index (χ2v) is 6.35. The lowest BCUT2D eigenvalue weighted by Crippen LogP contribution is -2.31. The number of aromatic nitrogens is 1. The Morgan fingerprint density at radius 2 is 2.11 bits per heavy atom. The Labute approximate surface area is 117 Å². The molecule has 0 amide bonds. The second-order valence-electron chi connectivity index (χ2n) is 5.35. The third-order valence-corrected chi connectivity index (χ3v) is 5.33. The van der Waals surface area contributed by atoms with E-state index in [9.17, 15) is 5.26 Å². The van der Waals surface area contributed by atoms with Gasteiger partial charge in [-0.3, -0.25) is 0 Å². The summed E-state index contributed by atoms with van der Waals surface area (Å²) < 4.78 is 0. The minimum atomic E-state index is -0.246. The number of rotatable bonds is 2. The average molecular weight is 268 g/mol. The van der Waals surface area contributed by atoms with Crippen LogP contribution in [0.25, 0.3) is 10.6 Å². The zero-order valence-electron chi connectivity index (χ0n) is 11.2. The van der Waals surface area contributed by atoms with Gasteiger partial charge in [0.05, 0.1) is 17.2 Å². The molecule has 0 spiro atoms. The summed E-state index contributed by atoms with van der Waals surface area (Å²) in [4.78, 5) is 5.86. The number of aryl methyl sites for hydroxylation is 2. The summed E-state index contributed by atoms with van der Waals surface area (Å²) in [6, 6.07) is 10.9. The van der Waals surface area contributed by atoms with Crippen LogP contribution in [0.1, 0.15) is 35.4 Å². The summed E-state index contributed by atoms with van der Waals surface area (Å²) in [5.41, 5.74) is 3.18. The van der Waals surface area contributed by atoms with Crippen LogP contribution in [0.15, 0.2) is 24.3 Å². The van der Waals surface area contributed by atoms with Gasteiger partial charge in [0.1, 0.15) is 5.01 Å². The molecular formula is C16H16N2S. The molecule has 0 bridgehead atoms. The minimum absolute atomic E-state index is 0.246. The highest BCUT2D eigenvalue weighted by molar-refractivity contribution is 7.15. The van der Waals surface area contributed by atoms with Crippen molar-refractivity contribution in [3.8, 4) is 16.6 Å². The number of nitrogens with zero attached hydrogens (tertiary/aromatic N) is 2. The molecule has 0 atom stereocenters. The lowest BCUT2D eigenvalue weighted by molar-refractivity contribution is 0.328. The Balaban J connectivity index is 2.05. The molecule has 1 fully saturated rings. The number of thiazole rings is 1. The first-order valence-electron chi connectivity index (χ1n) is 6.61. The van der Waals surface area contributed by atoms with Crippen LogP contribution in [0.4, 0.5) is 0 Å². The van der Waals surface area contributed by atoms with Crippen molar-refractivity contribution in [2.45, 2.75) is 38.5 Å². The predicted octanol–water partition coefficient (Wildman–Crippen LogP) is 4.37. The van der Waals surface area contributed by atoms with Crippen molar-refractivity contribution in [1.29, 1.82) is 5.26 Å². The van der Waals surface area contributed by atoms with Crippen molar-refractivity contribution in [2.24, 2.45) is 0 Å². The molecule has 0 aliphatic heterocycles. The normalized spacial score (nSPS) is 16.7. The predicted molar refractivity (Wildman–Crippen MR) is 78.2 cm³/mol. The summed E-state index contributed by atoms with van der Waals surface area (Å²) in [5.74, 6) is 0. The summed E-state index contributed by atoms with van der Waals surface area (Å²) in [6.07, 6.45) is 3.13. The number of nitriles is 1. The Hall–Kier alpha value is -1.66. The number of hydrogen-bond acceptors (Lipinski definition) is 3. The molecule has 96 valence electrons. The number of hydrogen-bond donors (Lipinski definition) is 0. The van der Waals surface area contributed by atoms with Crippen LogP contribution in [-0.2, 0) is 5.41 Å². The first-order valence-corrected chi connectivity index (χ1v) is 7.42. The third-order valence-electron chi connectivity index (χ3n) is 3.92. The molecule has 1 aromatic carbocycles. The first-order chi connectivity index (χ1) is 9.14. The van der Waals surface area contributed by atoms with Crippen LogP contribution in [0.5, 0.6) is 0 Å². The number of benzene rings is 1. The summed E-state index contributed by atoms with van der Waals surface area (Å²) in [5, 5.41) is 10.5. The minimum Gasteiger partial charge on any atom is -0.241 e. The fourth-order valence-electron chi connectivity index (χ4n) is 2.66. The molecule has 19 heavy (non-hydrogen) atoms. The zero-order chi connectivity index (χ0) is 13.5.